The van der Waals surface area contributed by atoms with Gasteiger partial charge in [0.25, 0.3) is 0 Å². The molecule has 0 unspecified atom stereocenters. The molecule has 0 saturated heterocycles. The number of carbonyl (C=O) groups is 2. The largest absolute Gasteiger partial charge is 0.352 e. The average Bonchev–Trinajstić information content (AvgIpc) is 2.90. The molecular formula is C29H32Cl3N3O4S. The Morgan fingerprint density at radius 3 is 2.10 bits per heavy atom. The van der Waals surface area contributed by atoms with Crippen molar-refractivity contribution in [3.8, 4) is 0 Å². The van der Waals surface area contributed by atoms with Crippen LogP contribution >= 0.6 is 34.8 Å². The van der Waals surface area contributed by atoms with Gasteiger partial charge in [0, 0.05) is 29.1 Å². The highest BCUT2D eigenvalue weighted by atomic mass is 35.5. The number of nitrogens with zero attached hydrogens (tertiary/aromatic N) is 2. The third-order valence-electron chi connectivity index (χ3n) is 6.40. The monoisotopic (exact) mass is 623 g/mol. The minimum Gasteiger partial charge on any atom is -0.352 e. The van der Waals surface area contributed by atoms with Crippen LogP contribution in [0.3, 0.4) is 0 Å². The molecule has 0 aliphatic rings. The zero-order valence-electron chi connectivity index (χ0n) is 22.5. The standard InChI is InChI=1S/C29H32Cl3N3O4S/c1-4-20(2)33-29(37)27(16-21-8-6-5-7-9-21)34(18-22-10-12-23(30)13-11-22)28(36)19-35(40(3,38)39)26-15-14-24(31)17-25(26)32/h5-15,17,20,27H,4,16,18-19H2,1-3H3,(H,33,37)/t20-,27-/m1/s1. The van der Waals surface area contributed by atoms with Crippen LogP contribution in [0.5, 0.6) is 0 Å². The zero-order chi connectivity index (χ0) is 29.4. The Bertz CT molecular complexity index is 1420. The van der Waals surface area contributed by atoms with Gasteiger partial charge in [-0.3, -0.25) is 13.9 Å². The summed E-state index contributed by atoms with van der Waals surface area (Å²) in [5, 5.41) is 3.91. The normalized spacial score (nSPS) is 12.8. The Morgan fingerprint density at radius 2 is 1.52 bits per heavy atom. The molecule has 214 valence electrons. The number of hydrogen-bond acceptors (Lipinski definition) is 4. The smallest absolute Gasteiger partial charge is 0.244 e. The lowest BCUT2D eigenvalue weighted by molar-refractivity contribution is -0.140. The number of sulfonamides is 1. The molecule has 0 aliphatic carbocycles. The van der Waals surface area contributed by atoms with Crippen LogP contribution in [0, 0.1) is 0 Å². The van der Waals surface area contributed by atoms with E-state index in [2.05, 4.69) is 5.32 Å². The molecule has 11 heteroatoms. The minimum atomic E-state index is -3.95. The predicted molar refractivity (Wildman–Crippen MR) is 162 cm³/mol. The Hall–Kier alpha value is -2.78. The van der Waals surface area contributed by atoms with Crippen LogP contribution in [0.4, 0.5) is 5.69 Å². The maximum atomic E-state index is 14.1. The number of rotatable bonds is 12. The maximum Gasteiger partial charge on any atom is 0.244 e. The molecule has 7 nitrogen and oxygen atoms in total. The number of benzene rings is 3. The van der Waals surface area contributed by atoms with Crippen molar-refractivity contribution in [2.75, 3.05) is 17.1 Å². The number of halogens is 3. The van der Waals surface area contributed by atoms with Gasteiger partial charge in [0.15, 0.2) is 0 Å². The van der Waals surface area contributed by atoms with Crippen LogP contribution < -0.4 is 9.62 Å². The summed E-state index contributed by atoms with van der Waals surface area (Å²) in [5.41, 5.74) is 1.68. The van der Waals surface area contributed by atoms with Crippen molar-refractivity contribution >= 4 is 62.3 Å². The van der Waals surface area contributed by atoms with Crippen LogP contribution in [-0.4, -0.2) is 50.0 Å². The maximum absolute atomic E-state index is 14.1. The summed E-state index contributed by atoms with van der Waals surface area (Å²) >= 11 is 18.4. The van der Waals surface area contributed by atoms with Gasteiger partial charge in [-0.25, -0.2) is 8.42 Å². The minimum absolute atomic E-state index is 0.0490. The Kier molecular flexibility index (Phi) is 11.3. The highest BCUT2D eigenvalue weighted by Crippen LogP contribution is 2.30. The van der Waals surface area contributed by atoms with Crippen LogP contribution in [-0.2, 0) is 32.6 Å². The van der Waals surface area contributed by atoms with Gasteiger partial charge in [-0.2, -0.15) is 0 Å². The summed E-state index contributed by atoms with van der Waals surface area (Å²) in [7, 11) is -3.95. The fourth-order valence-electron chi connectivity index (χ4n) is 4.06. The van der Waals surface area contributed by atoms with E-state index in [0.29, 0.717) is 16.5 Å². The number of nitrogens with one attached hydrogen (secondary N) is 1. The van der Waals surface area contributed by atoms with E-state index in [1.54, 1.807) is 24.3 Å². The molecule has 3 aromatic rings. The molecule has 40 heavy (non-hydrogen) atoms. The van der Waals surface area contributed by atoms with E-state index in [1.165, 1.54) is 23.1 Å². The molecule has 0 aromatic heterocycles. The van der Waals surface area contributed by atoms with Gasteiger partial charge in [-0.15, -0.1) is 0 Å². The number of hydrogen-bond donors (Lipinski definition) is 1. The molecule has 0 fully saturated rings. The molecule has 3 rings (SSSR count). The number of carbonyl (C=O) groups excluding carboxylic acids is 2. The molecule has 3 aromatic carbocycles. The second-order valence-electron chi connectivity index (χ2n) is 9.54. The quantitative estimate of drug-likeness (QED) is 0.269. The average molecular weight is 625 g/mol. The van der Waals surface area contributed by atoms with E-state index >= 15 is 0 Å². The van der Waals surface area contributed by atoms with Crippen LogP contribution in [0.15, 0.2) is 72.8 Å². The fourth-order valence-corrected chi connectivity index (χ4v) is 5.61. The van der Waals surface area contributed by atoms with Gasteiger partial charge in [-0.05, 0) is 54.8 Å². The fraction of sp³-hybridized carbons (Fsp3) is 0.310. The molecule has 2 amide bonds. The van der Waals surface area contributed by atoms with E-state index in [1.807, 2.05) is 44.2 Å². The van der Waals surface area contributed by atoms with Crippen molar-refractivity contribution in [2.24, 2.45) is 0 Å². The van der Waals surface area contributed by atoms with E-state index in [4.69, 9.17) is 34.8 Å². The molecule has 1 N–H and O–H groups in total. The molecule has 0 bridgehead atoms. The Labute approximate surface area is 251 Å². The van der Waals surface area contributed by atoms with E-state index in [9.17, 15) is 18.0 Å². The molecule has 0 heterocycles. The van der Waals surface area contributed by atoms with Gasteiger partial charge in [0.1, 0.15) is 12.6 Å². The summed E-state index contributed by atoms with van der Waals surface area (Å²) in [6, 6.07) is 19.6. The first-order valence-corrected chi connectivity index (χ1v) is 15.7. The third kappa shape index (κ3) is 8.86. The topological polar surface area (TPSA) is 86.8 Å². The lowest BCUT2D eigenvalue weighted by Crippen LogP contribution is -2.54. The Balaban J connectivity index is 2.07. The van der Waals surface area contributed by atoms with Gasteiger partial charge in [0.05, 0.1) is 17.0 Å². The first-order chi connectivity index (χ1) is 18.9. The Morgan fingerprint density at radius 1 is 0.900 bits per heavy atom. The third-order valence-corrected chi connectivity index (χ3v) is 8.31. The predicted octanol–water partition coefficient (Wildman–Crippen LogP) is 5.97. The molecule has 0 aliphatic heterocycles. The summed E-state index contributed by atoms with van der Waals surface area (Å²) in [6.07, 6.45) is 1.92. The van der Waals surface area contributed by atoms with Crippen molar-refractivity contribution in [3.05, 3.63) is 99.0 Å². The van der Waals surface area contributed by atoms with Gasteiger partial charge < -0.3 is 10.2 Å². The van der Waals surface area contributed by atoms with Crippen molar-refractivity contribution in [3.63, 3.8) is 0 Å². The van der Waals surface area contributed by atoms with Crippen LogP contribution in [0.25, 0.3) is 0 Å². The molecule has 2 atom stereocenters. The van der Waals surface area contributed by atoms with E-state index in [0.717, 1.165) is 21.7 Å². The van der Waals surface area contributed by atoms with Crippen molar-refractivity contribution in [2.45, 2.75) is 45.3 Å². The lowest BCUT2D eigenvalue weighted by atomic mass is 10.0. The first kappa shape index (κ1) is 31.7. The van der Waals surface area contributed by atoms with E-state index < -0.39 is 28.5 Å². The summed E-state index contributed by atoms with van der Waals surface area (Å²) in [5.74, 6) is -0.914. The molecule has 0 spiro atoms. The highest BCUT2D eigenvalue weighted by molar-refractivity contribution is 7.92. The molecule has 0 saturated carbocycles. The summed E-state index contributed by atoms with van der Waals surface area (Å²) in [4.78, 5) is 29.1. The summed E-state index contributed by atoms with van der Waals surface area (Å²) in [6.45, 7) is 3.31. The molecule has 0 radical (unpaired) electrons. The zero-order valence-corrected chi connectivity index (χ0v) is 25.6. The van der Waals surface area contributed by atoms with Gasteiger partial charge in [-0.1, -0.05) is 84.2 Å². The second-order valence-corrected chi connectivity index (χ2v) is 12.7. The summed E-state index contributed by atoms with van der Waals surface area (Å²) < 4.78 is 26.7. The van der Waals surface area contributed by atoms with Gasteiger partial charge in [0.2, 0.25) is 21.8 Å². The number of amides is 2. The first-order valence-electron chi connectivity index (χ1n) is 12.7. The SMILES string of the molecule is CC[C@@H](C)NC(=O)[C@@H](Cc1ccccc1)N(Cc1ccc(Cl)cc1)C(=O)CN(c1ccc(Cl)cc1Cl)S(C)(=O)=O. The van der Waals surface area contributed by atoms with Crippen molar-refractivity contribution in [1.29, 1.82) is 0 Å². The van der Waals surface area contributed by atoms with Crippen molar-refractivity contribution in [1.82, 2.24) is 10.2 Å². The van der Waals surface area contributed by atoms with E-state index in [-0.39, 0.29) is 35.6 Å². The van der Waals surface area contributed by atoms with Gasteiger partial charge >= 0.3 is 0 Å². The van der Waals surface area contributed by atoms with Crippen LogP contribution in [0.1, 0.15) is 31.4 Å². The highest BCUT2D eigenvalue weighted by Gasteiger charge is 2.33. The van der Waals surface area contributed by atoms with Crippen molar-refractivity contribution < 1.29 is 18.0 Å². The number of anilines is 1. The lowest BCUT2D eigenvalue weighted by Gasteiger charge is -2.34. The second kappa shape index (κ2) is 14.2. The van der Waals surface area contributed by atoms with Crippen LogP contribution in [0.2, 0.25) is 15.1 Å². The molecular weight excluding hydrogens is 593 g/mol.